The highest BCUT2D eigenvalue weighted by Crippen LogP contribution is 2.33. The van der Waals surface area contributed by atoms with Gasteiger partial charge in [0, 0.05) is 21.0 Å². The monoisotopic (exact) mass is 182 g/mol. The van der Waals surface area contributed by atoms with E-state index in [4.69, 9.17) is 23.2 Å². The van der Waals surface area contributed by atoms with Gasteiger partial charge >= 0.3 is 0 Å². The van der Waals surface area contributed by atoms with Gasteiger partial charge in [-0.3, -0.25) is 0 Å². The minimum absolute atomic E-state index is 0.253. The molecule has 9 heavy (non-hydrogen) atoms. The van der Waals surface area contributed by atoms with E-state index in [1.165, 1.54) is 23.1 Å². The molecule has 3 heteroatoms. The van der Waals surface area contributed by atoms with E-state index < -0.39 is 0 Å². The molecule has 0 nitrogen and oxygen atoms in total. The van der Waals surface area contributed by atoms with Crippen molar-refractivity contribution >= 4 is 33.4 Å². The molecular weight excluding hydrogens is 171 g/mol. The molecule has 1 fully saturated rings. The first kappa shape index (κ1) is 7.90. The fourth-order valence-electron chi connectivity index (χ4n) is 1.31. The molecule has 0 N–H and O–H groups in total. The van der Waals surface area contributed by atoms with Crippen molar-refractivity contribution in [2.24, 2.45) is 0 Å². The molecule has 3 unspecified atom stereocenters. The normalized spacial score (nSPS) is 45.3. The quantitative estimate of drug-likeness (QED) is 0.394. The lowest BCUT2D eigenvalue weighted by Crippen LogP contribution is -2.25. The Morgan fingerprint density at radius 2 is 1.89 bits per heavy atom. The van der Waals surface area contributed by atoms with Gasteiger partial charge in [0.15, 0.2) is 0 Å². The van der Waals surface area contributed by atoms with Crippen LogP contribution in [0, 0.1) is 0 Å². The van der Waals surface area contributed by atoms with Crippen molar-refractivity contribution in [2.75, 3.05) is 0 Å². The third kappa shape index (κ3) is 1.86. The zero-order valence-electron chi connectivity index (χ0n) is 5.61. The predicted molar refractivity (Wildman–Crippen MR) is 46.8 cm³/mol. The topological polar surface area (TPSA) is 0 Å². The standard InChI is InChI=1S/C6H12Cl2Si/c7-4-2-1-3-5(9)6(4)8/h4-6H,1-3H2,9H3. The summed E-state index contributed by atoms with van der Waals surface area (Å²) >= 11 is 12.0. The smallest absolute Gasteiger partial charge is 0.0499 e. The fourth-order valence-corrected chi connectivity index (χ4v) is 3.08. The Morgan fingerprint density at radius 3 is 2.33 bits per heavy atom. The SMILES string of the molecule is [SiH3]C1CCCC(Cl)C1Cl. The maximum absolute atomic E-state index is 6.02. The van der Waals surface area contributed by atoms with E-state index in [1.54, 1.807) is 0 Å². The summed E-state index contributed by atoms with van der Waals surface area (Å²) in [7, 11) is 1.21. The van der Waals surface area contributed by atoms with Gasteiger partial charge in [-0.05, 0) is 12.0 Å². The first-order valence-electron chi connectivity index (χ1n) is 3.50. The molecule has 1 aliphatic rings. The zero-order valence-corrected chi connectivity index (χ0v) is 9.12. The Labute approximate surface area is 69.3 Å². The first-order valence-corrected chi connectivity index (χ1v) is 5.52. The van der Waals surface area contributed by atoms with Crippen molar-refractivity contribution in [2.45, 2.75) is 35.6 Å². The minimum atomic E-state index is 0.253. The Bertz CT molecular complexity index is 87.1. The summed E-state index contributed by atoms with van der Waals surface area (Å²) in [6, 6.07) is 0. The van der Waals surface area contributed by atoms with E-state index in [9.17, 15) is 0 Å². The molecule has 0 saturated heterocycles. The third-order valence-corrected chi connectivity index (χ3v) is 5.10. The number of rotatable bonds is 0. The van der Waals surface area contributed by atoms with Gasteiger partial charge in [0.25, 0.3) is 0 Å². The summed E-state index contributed by atoms with van der Waals surface area (Å²) in [6.07, 6.45) is 3.71. The molecule has 1 rings (SSSR count). The molecule has 0 spiro atoms. The third-order valence-electron chi connectivity index (χ3n) is 2.03. The maximum Gasteiger partial charge on any atom is 0.0499 e. The van der Waals surface area contributed by atoms with Crippen molar-refractivity contribution in [1.82, 2.24) is 0 Å². The molecule has 0 aromatic carbocycles. The maximum atomic E-state index is 6.02. The van der Waals surface area contributed by atoms with E-state index in [1.807, 2.05) is 0 Å². The molecule has 0 aliphatic heterocycles. The highest BCUT2D eigenvalue weighted by atomic mass is 35.5. The minimum Gasteiger partial charge on any atom is -0.121 e. The summed E-state index contributed by atoms with van der Waals surface area (Å²) < 4.78 is 0. The number of alkyl halides is 2. The molecule has 1 aliphatic carbocycles. The van der Waals surface area contributed by atoms with Crippen LogP contribution >= 0.6 is 23.2 Å². The molecule has 0 aromatic heterocycles. The molecule has 0 aromatic rings. The average Bonchev–Trinajstić information content (AvgIpc) is 1.83. The lowest BCUT2D eigenvalue weighted by molar-refractivity contribution is 0.517. The van der Waals surface area contributed by atoms with Crippen LogP contribution in [0.5, 0.6) is 0 Å². The summed E-state index contributed by atoms with van der Waals surface area (Å²) in [5.41, 5.74) is 0.753. The second-order valence-corrected chi connectivity index (χ2v) is 5.42. The van der Waals surface area contributed by atoms with E-state index in [2.05, 4.69) is 0 Å². The molecule has 54 valence electrons. The Balaban J connectivity index is 2.41. The lowest BCUT2D eigenvalue weighted by Gasteiger charge is -2.27. The van der Waals surface area contributed by atoms with E-state index in [0.29, 0.717) is 0 Å². The van der Waals surface area contributed by atoms with Crippen LogP contribution in [0.3, 0.4) is 0 Å². The van der Waals surface area contributed by atoms with Crippen LogP contribution in [0.4, 0.5) is 0 Å². The largest absolute Gasteiger partial charge is 0.121 e. The van der Waals surface area contributed by atoms with Crippen LogP contribution < -0.4 is 0 Å². The fraction of sp³-hybridized carbons (Fsp3) is 1.00. The van der Waals surface area contributed by atoms with Crippen LogP contribution in [-0.2, 0) is 0 Å². The van der Waals surface area contributed by atoms with Crippen molar-refractivity contribution in [3.05, 3.63) is 0 Å². The summed E-state index contributed by atoms with van der Waals surface area (Å²) in [5.74, 6) is 0. The number of hydrogen-bond acceptors (Lipinski definition) is 0. The van der Waals surface area contributed by atoms with Gasteiger partial charge in [0.1, 0.15) is 0 Å². The van der Waals surface area contributed by atoms with Crippen molar-refractivity contribution in [3.63, 3.8) is 0 Å². The lowest BCUT2D eigenvalue weighted by atomic mass is 9.99. The van der Waals surface area contributed by atoms with Crippen LogP contribution in [0.2, 0.25) is 5.54 Å². The van der Waals surface area contributed by atoms with Gasteiger partial charge in [0.2, 0.25) is 0 Å². The highest BCUT2D eigenvalue weighted by molar-refractivity contribution is 6.33. The van der Waals surface area contributed by atoms with E-state index in [0.717, 1.165) is 12.0 Å². The van der Waals surface area contributed by atoms with Gasteiger partial charge in [-0.2, -0.15) is 0 Å². The molecule has 0 heterocycles. The van der Waals surface area contributed by atoms with Gasteiger partial charge in [-0.1, -0.05) is 12.8 Å². The molecule has 0 bridgehead atoms. The molecule has 3 atom stereocenters. The van der Waals surface area contributed by atoms with Gasteiger partial charge in [-0.15, -0.1) is 23.2 Å². The first-order chi connectivity index (χ1) is 4.22. The zero-order chi connectivity index (χ0) is 6.85. The highest BCUT2D eigenvalue weighted by Gasteiger charge is 2.26. The van der Waals surface area contributed by atoms with E-state index >= 15 is 0 Å². The molecule has 0 radical (unpaired) electrons. The van der Waals surface area contributed by atoms with Gasteiger partial charge in [-0.25, -0.2) is 0 Å². The Hall–Kier alpha value is 0.797. The number of hydrogen-bond donors (Lipinski definition) is 0. The number of halogens is 2. The molecular formula is C6H12Cl2Si. The van der Waals surface area contributed by atoms with Crippen molar-refractivity contribution in [3.8, 4) is 0 Å². The summed E-state index contributed by atoms with van der Waals surface area (Å²) in [4.78, 5) is 0. The Morgan fingerprint density at radius 1 is 1.22 bits per heavy atom. The second kappa shape index (κ2) is 3.27. The van der Waals surface area contributed by atoms with Crippen LogP contribution in [0.1, 0.15) is 19.3 Å². The molecule has 0 amide bonds. The van der Waals surface area contributed by atoms with Crippen LogP contribution in [-0.4, -0.2) is 21.0 Å². The van der Waals surface area contributed by atoms with Crippen LogP contribution in [0.25, 0.3) is 0 Å². The predicted octanol–water partition coefficient (Wildman–Crippen LogP) is 1.54. The summed E-state index contributed by atoms with van der Waals surface area (Å²) in [5, 5.41) is 0.523. The van der Waals surface area contributed by atoms with E-state index in [-0.39, 0.29) is 10.8 Å². The van der Waals surface area contributed by atoms with Crippen LogP contribution in [0.15, 0.2) is 0 Å². The van der Waals surface area contributed by atoms with Crippen molar-refractivity contribution in [1.29, 1.82) is 0 Å². The Kier molecular flexibility index (Phi) is 2.87. The van der Waals surface area contributed by atoms with Gasteiger partial charge in [0.05, 0.1) is 0 Å². The average molecular weight is 183 g/mol. The molecule has 1 saturated carbocycles. The van der Waals surface area contributed by atoms with Crippen molar-refractivity contribution < 1.29 is 0 Å². The van der Waals surface area contributed by atoms with Gasteiger partial charge < -0.3 is 0 Å². The second-order valence-electron chi connectivity index (χ2n) is 2.87. The summed E-state index contributed by atoms with van der Waals surface area (Å²) in [6.45, 7) is 0.